The van der Waals surface area contributed by atoms with Crippen molar-refractivity contribution in [1.29, 1.82) is 0 Å². The third kappa shape index (κ3) is 9.63. The van der Waals surface area contributed by atoms with E-state index >= 15 is 0 Å². The van der Waals surface area contributed by atoms with Crippen LogP contribution in [0.1, 0.15) is 57.2 Å². The smallest absolute Gasteiger partial charge is 0.223 e. The van der Waals surface area contributed by atoms with E-state index in [9.17, 15) is 0 Å². The first-order valence-electron chi connectivity index (χ1n) is 43.0. The summed E-state index contributed by atoms with van der Waals surface area (Å²) in [5, 5.41) is 14.4. The van der Waals surface area contributed by atoms with Crippen molar-refractivity contribution in [2.24, 2.45) is 0 Å². The molecule has 0 saturated heterocycles. The average molecular weight is 1600 g/mol. The van der Waals surface area contributed by atoms with Crippen molar-refractivity contribution in [1.82, 2.24) is 69.5 Å². The summed E-state index contributed by atoms with van der Waals surface area (Å²) < 4.78 is 20.7. The van der Waals surface area contributed by atoms with Gasteiger partial charge in [-0.05, 0) is 237 Å². The number of aromatic nitrogens is 15. The van der Waals surface area contributed by atoms with Gasteiger partial charge in [0.2, 0.25) is 34.7 Å². The average Bonchev–Trinajstić information content (AvgIpc) is 1.52. The highest BCUT2D eigenvalue weighted by atomic mass is 15.3. The number of imidazole rings is 12. The van der Waals surface area contributed by atoms with E-state index in [-0.39, 0.29) is 5.41 Å². The van der Waals surface area contributed by atoms with Gasteiger partial charge in [-0.2, -0.15) is 0 Å². The van der Waals surface area contributed by atoms with Crippen LogP contribution < -0.4 is 0 Å². The van der Waals surface area contributed by atoms with Crippen molar-refractivity contribution in [2.75, 3.05) is 0 Å². The van der Waals surface area contributed by atoms with Gasteiger partial charge in [-0.1, -0.05) is 259 Å². The first kappa shape index (κ1) is 68.5. The van der Waals surface area contributed by atoms with Crippen LogP contribution in [-0.4, -0.2) is 69.5 Å². The third-order valence-corrected chi connectivity index (χ3v) is 26.9. The molecule has 18 aromatic carbocycles. The largest absolute Gasteiger partial charge is 0.276 e. The molecule has 588 valence electrons. The molecule has 0 saturated carbocycles. The van der Waals surface area contributed by atoms with Crippen LogP contribution >= 0.6 is 0 Å². The van der Waals surface area contributed by atoms with Gasteiger partial charge in [0.05, 0.1) is 99.3 Å². The van der Waals surface area contributed by atoms with Crippen LogP contribution in [0, 0.1) is 6.92 Å². The van der Waals surface area contributed by atoms with E-state index in [0.29, 0.717) is 5.92 Å². The summed E-state index contributed by atoms with van der Waals surface area (Å²) in [6, 6.07) is 119. The number of aryl methyl sites for hydroxylation is 1. The monoisotopic (exact) mass is 1600 g/mol. The van der Waals surface area contributed by atoms with E-state index in [4.69, 9.17) is 29.9 Å². The zero-order valence-electron chi connectivity index (χ0n) is 69.0. The Balaban J connectivity index is 0.0000000957. The van der Waals surface area contributed by atoms with Crippen LogP contribution in [-0.2, 0) is 5.41 Å². The topological polar surface area (TPSA) is 117 Å². The Morgan fingerprint density at radius 2 is 0.440 bits per heavy atom. The maximum Gasteiger partial charge on any atom is 0.223 e. The minimum absolute atomic E-state index is 0.0594. The molecule has 0 N–H and O–H groups in total. The van der Waals surface area contributed by atoms with Crippen molar-refractivity contribution in [3.05, 3.63) is 344 Å². The summed E-state index contributed by atoms with van der Waals surface area (Å²) in [5.41, 5.74) is 34.0. The Bertz CT molecular complexity index is 9480. The van der Waals surface area contributed by atoms with E-state index in [0.717, 1.165) is 151 Å². The zero-order valence-corrected chi connectivity index (χ0v) is 69.0. The molecule has 0 radical (unpaired) electrons. The van der Waals surface area contributed by atoms with Crippen molar-refractivity contribution in [3.8, 4) is 33.4 Å². The van der Waals surface area contributed by atoms with Crippen LogP contribution in [0.5, 0.6) is 0 Å². The highest BCUT2D eigenvalue weighted by molar-refractivity contribution is 6.14. The van der Waals surface area contributed by atoms with Gasteiger partial charge in [-0.15, -0.1) is 0 Å². The van der Waals surface area contributed by atoms with Crippen LogP contribution in [0.4, 0.5) is 0 Å². The SMILES string of the molecule is CC(C)(C)c1cccc(-c2cc3c4c(c2)n2c5cc6ccccc6cc5nc2n4c2nc4cc5ccccc5cc4n32)c1.CC(C)c1cccc(-c2cc3c4c(c2)n2c5cc6ccccc6cc5nc2n4c2nc4cc5ccccc5cc4n32)c1.Cc1cccc(-c2cc3c4c(c2)n2c5cc6ccccc6cc5nc2n4c2nc4cc5ccccc5cc4n32)c1. The van der Waals surface area contributed by atoms with E-state index in [2.05, 4.69) is 409 Å². The molecule has 0 amide bonds. The molecule has 0 spiro atoms. The van der Waals surface area contributed by atoms with Gasteiger partial charge in [0.25, 0.3) is 0 Å². The van der Waals surface area contributed by atoms with Gasteiger partial charge in [0, 0.05) is 0 Å². The Morgan fingerprint density at radius 3 is 0.688 bits per heavy atom. The quantitative estimate of drug-likeness (QED) is 0.173. The van der Waals surface area contributed by atoms with Crippen molar-refractivity contribution in [3.63, 3.8) is 0 Å². The maximum absolute atomic E-state index is 5.25. The fourth-order valence-corrected chi connectivity index (χ4v) is 20.8. The molecular formula is C110H73N15. The highest BCUT2D eigenvalue weighted by Crippen LogP contribution is 2.45. The van der Waals surface area contributed by atoms with Gasteiger partial charge < -0.3 is 0 Å². The molecule has 30 rings (SSSR count). The zero-order chi connectivity index (χ0) is 82.4. The second-order valence-corrected chi connectivity index (χ2v) is 35.7. The van der Waals surface area contributed by atoms with Gasteiger partial charge in [0.1, 0.15) is 16.6 Å². The summed E-state index contributed by atoms with van der Waals surface area (Å²) in [4.78, 5) is 31.4. The molecular weight excluding hydrogens is 1530 g/mol. The van der Waals surface area contributed by atoms with E-state index < -0.39 is 0 Å². The molecule has 0 aliphatic heterocycles. The number of benzene rings is 18. The molecule has 0 bridgehead atoms. The molecule has 12 aromatic heterocycles. The number of hydrogen-bond acceptors (Lipinski definition) is 6. The first-order chi connectivity index (χ1) is 61.2. The Kier molecular flexibility index (Phi) is 13.4. The van der Waals surface area contributed by atoms with E-state index in [1.165, 1.54) is 115 Å². The normalized spacial score (nSPS) is 12.8. The minimum Gasteiger partial charge on any atom is -0.276 e. The molecule has 12 heterocycles. The Labute approximate surface area is 710 Å². The second kappa shape index (κ2) is 24.5. The standard InChI is InChI=1S/C38H27N5.C37H25N5.C35H21N5/c1-38(2,3)28-14-8-13-22(15-28)27-20-33-35-34(21-27)42-32-19-26-12-7-5-10-24(26)17-30(32)40-37(42)43(35)36-39-29-16-23-9-4-6-11-25(23)18-31(29)41(33)36;1-21(2)22-12-7-13-23(14-22)28-19-33-35-34(20-28)41-32-18-27-11-6-4-9-25(27)16-30(32)39-37(41)42(35)36-38-29-15-24-8-3-5-10-26(24)17-31(29)40(33)36;1-20-7-6-12-21(13-20)26-18-31-33-32(19-26)39-30-17-25-11-5-3-9-23(25)15-28(30)37-35(39)40(33)34-36-27-14-22-8-2-4-10-24(22)16-29(27)38(31)34/h4-21H,1-3H3;3-21H,1-2H3;2-19H,1H3. The molecule has 0 aliphatic carbocycles. The van der Waals surface area contributed by atoms with Crippen LogP contribution in [0.25, 0.3) is 249 Å². The van der Waals surface area contributed by atoms with Crippen LogP contribution in [0.2, 0.25) is 0 Å². The summed E-state index contributed by atoms with van der Waals surface area (Å²) in [5.74, 6) is 5.80. The summed E-state index contributed by atoms with van der Waals surface area (Å²) in [7, 11) is 0. The number of nitrogens with zero attached hydrogens (tertiary/aromatic N) is 15. The number of hydrogen-bond donors (Lipinski definition) is 0. The maximum atomic E-state index is 5.25. The second-order valence-electron chi connectivity index (χ2n) is 35.7. The number of rotatable bonds is 4. The molecule has 0 atom stereocenters. The molecule has 15 nitrogen and oxygen atoms in total. The van der Waals surface area contributed by atoms with Crippen molar-refractivity contribution >= 4 is 215 Å². The van der Waals surface area contributed by atoms with Crippen molar-refractivity contribution < 1.29 is 0 Å². The van der Waals surface area contributed by atoms with Gasteiger partial charge in [-0.3, -0.25) is 26.4 Å². The Hall–Kier alpha value is -16.3. The number of fused-ring (bicyclic) bond motifs is 36. The lowest BCUT2D eigenvalue weighted by molar-refractivity contribution is 0.590. The minimum atomic E-state index is 0.0594. The lowest BCUT2D eigenvalue weighted by Crippen LogP contribution is -2.10. The predicted octanol–water partition coefficient (Wildman–Crippen LogP) is 27.0. The van der Waals surface area contributed by atoms with Crippen molar-refractivity contribution in [2.45, 2.75) is 52.9 Å². The van der Waals surface area contributed by atoms with Gasteiger partial charge in [0.15, 0.2) is 0 Å². The fraction of sp³-hybridized carbons (Fsp3) is 0.0727. The molecule has 30 aromatic rings. The van der Waals surface area contributed by atoms with E-state index in [1.807, 2.05) is 0 Å². The Morgan fingerprint density at radius 1 is 0.208 bits per heavy atom. The lowest BCUT2D eigenvalue weighted by atomic mass is 9.85. The molecule has 0 fully saturated rings. The van der Waals surface area contributed by atoms with Crippen LogP contribution in [0.15, 0.2) is 328 Å². The predicted molar refractivity (Wildman–Crippen MR) is 515 cm³/mol. The molecule has 0 unspecified atom stereocenters. The van der Waals surface area contributed by atoms with E-state index in [1.54, 1.807) is 0 Å². The van der Waals surface area contributed by atoms with Crippen LogP contribution in [0.3, 0.4) is 0 Å². The molecule has 0 aliphatic rings. The summed E-state index contributed by atoms with van der Waals surface area (Å²) in [6.07, 6.45) is 0. The molecule has 15 heteroatoms. The lowest BCUT2D eigenvalue weighted by Gasteiger charge is -2.20. The first-order valence-corrected chi connectivity index (χ1v) is 43.0. The van der Waals surface area contributed by atoms with Gasteiger partial charge in [-0.25, -0.2) is 43.1 Å². The summed E-state index contributed by atoms with van der Waals surface area (Å²) >= 11 is 0. The highest BCUT2D eigenvalue weighted by Gasteiger charge is 2.31. The fourth-order valence-electron chi connectivity index (χ4n) is 20.8. The van der Waals surface area contributed by atoms with Gasteiger partial charge >= 0.3 is 0 Å². The summed E-state index contributed by atoms with van der Waals surface area (Å²) in [6.45, 7) is 13.5. The third-order valence-electron chi connectivity index (χ3n) is 26.9. The molecule has 125 heavy (non-hydrogen) atoms.